The average molecular weight is 564 g/mol. The molecule has 0 unspecified atom stereocenters. The van der Waals surface area contributed by atoms with Crippen LogP contribution in [0.3, 0.4) is 0 Å². The molecule has 0 atom stereocenters. The second-order valence-corrected chi connectivity index (χ2v) is 11.5. The summed E-state index contributed by atoms with van der Waals surface area (Å²) in [5.41, 5.74) is 3.58. The Morgan fingerprint density at radius 2 is 1.87 bits per heavy atom. The first-order valence-electron chi connectivity index (χ1n) is 13.0. The number of carbonyl (C=O) groups is 2. The molecule has 1 aliphatic rings. The topological polar surface area (TPSA) is 103 Å². The molecule has 1 aliphatic carbocycles. The molecule has 0 saturated carbocycles. The standard InChI is InChI=1S/C29H29N3O5S2/c1-2-37-29(34)27-22-9-4-3-5-11-24(22)39-28(27)30-26(33)18-38-25-17-31(23-10-7-6-8-21(23)25)16-19-12-14-20(15-13-19)32(35)36/h6-8,10,12-15,17H,2-5,9,11,16,18H2,1H3,(H,30,33). The minimum absolute atomic E-state index is 0.0617. The number of amides is 1. The number of non-ortho nitro benzene ring substituents is 1. The number of thioether (sulfide) groups is 1. The monoisotopic (exact) mass is 563 g/mol. The van der Waals surface area contributed by atoms with Gasteiger partial charge in [-0.2, -0.15) is 0 Å². The van der Waals surface area contributed by atoms with Gasteiger partial charge in [0.1, 0.15) is 5.00 Å². The van der Waals surface area contributed by atoms with Crippen LogP contribution in [0.15, 0.2) is 59.6 Å². The van der Waals surface area contributed by atoms with Gasteiger partial charge in [-0.15, -0.1) is 23.1 Å². The van der Waals surface area contributed by atoms with Gasteiger partial charge in [-0.1, -0.05) is 36.8 Å². The van der Waals surface area contributed by atoms with Crippen molar-refractivity contribution < 1.29 is 19.2 Å². The minimum atomic E-state index is -0.406. The summed E-state index contributed by atoms with van der Waals surface area (Å²) in [4.78, 5) is 38.6. The van der Waals surface area contributed by atoms with Crippen molar-refractivity contribution in [2.24, 2.45) is 0 Å². The highest BCUT2D eigenvalue weighted by molar-refractivity contribution is 8.00. The Morgan fingerprint density at radius 3 is 2.64 bits per heavy atom. The molecule has 5 rings (SSSR count). The zero-order chi connectivity index (χ0) is 27.4. The second-order valence-electron chi connectivity index (χ2n) is 9.39. The molecule has 2 heterocycles. The molecule has 2 aromatic heterocycles. The number of nitrogens with one attached hydrogen (secondary N) is 1. The van der Waals surface area contributed by atoms with E-state index < -0.39 is 4.92 Å². The van der Waals surface area contributed by atoms with Gasteiger partial charge in [0, 0.05) is 45.5 Å². The molecule has 0 fully saturated rings. The first kappa shape index (κ1) is 27.0. The maximum atomic E-state index is 13.1. The molecular weight excluding hydrogens is 534 g/mol. The fraction of sp³-hybridized carbons (Fsp3) is 0.310. The number of thiophene rings is 1. The number of nitro groups is 1. The predicted molar refractivity (Wildman–Crippen MR) is 155 cm³/mol. The molecule has 0 saturated heterocycles. The number of anilines is 1. The molecule has 0 bridgehead atoms. The van der Waals surface area contributed by atoms with Gasteiger partial charge in [-0.3, -0.25) is 14.9 Å². The lowest BCUT2D eigenvalue weighted by Gasteiger charge is -2.08. The largest absolute Gasteiger partial charge is 0.462 e. The van der Waals surface area contributed by atoms with Crippen LogP contribution in [0.4, 0.5) is 10.7 Å². The van der Waals surface area contributed by atoms with Crippen molar-refractivity contribution in [1.82, 2.24) is 4.57 Å². The average Bonchev–Trinajstić information content (AvgIpc) is 3.35. The number of ether oxygens (including phenoxy) is 1. The summed E-state index contributed by atoms with van der Waals surface area (Å²) in [7, 11) is 0. The van der Waals surface area contributed by atoms with Crippen LogP contribution in [-0.4, -0.2) is 33.7 Å². The van der Waals surface area contributed by atoms with Crippen LogP contribution >= 0.6 is 23.1 Å². The van der Waals surface area contributed by atoms with Crippen LogP contribution in [0, 0.1) is 10.1 Å². The van der Waals surface area contributed by atoms with Crippen LogP contribution < -0.4 is 5.32 Å². The summed E-state index contributed by atoms with van der Waals surface area (Å²) in [5.74, 6) is -0.348. The number of para-hydroxylation sites is 1. The Morgan fingerprint density at radius 1 is 1.10 bits per heavy atom. The van der Waals surface area contributed by atoms with Crippen molar-refractivity contribution >= 4 is 56.6 Å². The number of hydrogen-bond acceptors (Lipinski definition) is 7. The summed E-state index contributed by atoms with van der Waals surface area (Å²) >= 11 is 2.95. The minimum Gasteiger partial charge on any atom is -0.462 e. The van der Waals surface area contributed by atoms with E-state index in [0.29, 0.717) is 17.1 Å². The van der Waals surface area contributed by atoms with E-state index in [2.05, 4.69) is 9.88 Å². The lowest BCUT2D eigenvalue weighted by molar-refractivity contribution is -0.384. The number of nitro benzene ring substituents is 1. The third-order valence-corrected chi connectivity index (χ3v) is 9.01. The number of carbonyl (C=O) groups excluding carboxylic acids is 2. The van der Waals surface area contributed by atoms with Gasteiger partial charge in [-0.25, -0.2) is 4.79 Å². The first-order valence-corrected chi connectivity index (χ1v) is 14.8. The number of esters is 1. The highest BCUT2D eigenvalue weighted by Crippen LogP contribution is 2.38. The van der Waals surface area contributed by atoms with E-state index in [0.717, 1.165) is 59.0 Å². The number of aromatic nitrogens is 1. The van der Waals surface area contributed by atoms with Crippen molar-refractivity contribution in [3.8, 4) is 0 Å². The summed E-state index contributed by atoms with van der Waals surface area (Å²) in [5, 5.41) is 15.6. The lowest BCUT2D eigenvalue weighted by atomic mass is 10.1. The zero-order valence-corrected chi connectivity index (χ0v) is 23.2. The van der Waals surface area contributed by atoms with Crippen LogP contribution in [0.5, 0.6) is 0 Å². The van der Waals surface area contributed by atoms with Gasteiger partial charge in [0.2, 0.25) is 5.91 Å². The van der Waals surface area contributed by atoms with E-state index in [1.54, 1.807) is 19.1 Å². The quantitative estimate of drug-likeness (QED) is 0.0787. The SMILES string of the molecule is CCOC(=O)c1c(NC(=O)CSc2cn(Cc3ccc([N+](=O)[O-])cc3)c3ccccc23)sc2c1CCCCC2. The summed E-state index contributed by atoms with van der Waals surface area (Å²) in [6.07, 6.45) is 7.03. The van der Waals surface area contributed by atoms with Gasteiger partial charge < -0.3 is 14.6 Å². The van der Waals surface area contributed by atoms with Crippen LogP contribution in [0.1, 0.15) is 52.5 Å². The normalized spacial score (nSPS) is 13.1. The number of fused-ring (bicyclic) bond motifs is 2. The Hall–Kier alpha value is -3.63. The van der Waals surface area contributed by atoms with Crippen LogP contribution in [0.25, 0.3) is 10.9 Å². The van der Waals surface area contributed by atoms with Crippen molar-refractivity contribution in [2.45, 2.75) is 50.5 Å². The van der Waals surface area contributed by atoms with Gasteiger partial charge in [0.25, 0.3) is 5.69 Å². The predicted octanol–water partition coefficient (Wildman–Crippen LogP) is 6.84. The molecular formula is C29H29N3O5S2. The van der Waals surface area contributed by atoms with Gasteiger partial charge in [-0.05, 0) is 49.8 Å². The third-order valence-electron chi connectivity index (χ3n) is 6.76. The summed E-state index contributed by atoms with van der Waals surface area (Å²) < 4.78 is 7.43. The molecule has 4 aromatic rings. The van der Waals surface area contributed by atoms with Crippen LogP contribution in [0.2, 0.25) is 0 Å². The van der Waals surface area contributed by atoms with Gasteiger partial charge in [0.15, 0.2) is 0 Å². The molecule has 202 valence electrons. The fourth-order valence-electron chi connectivity index (χ4n) is 4.93. The Bertz CT molecular complexity index is 1520. The molecule has 1 N–H and O–H groups in total. The number of aryl methyl sites for hydroxylation is 1. The van der Waals surface area contributed by atoms with E-state index in [1.807, 2.05) is 30.5 Å². The van der Waals surface area contributed by atoms with Crippen molar-refractivity contribution in [3.05, 3.63) is 86.4 Å². The smallest absolute Gasteiger partial charge is 0.341 e. The van der Waals surface area contributed by atoms with E-state index in [-0.39, 0.29) is 29.9 Å². The zero-order valence-electron chi connectivity index (χ0n) is 21.6. The Labute approximate surface area is 234 Å². The molecule has 0 aliphatic heterocycles. The van der Waals surface area contributed by atoms with Gasteiger partial charge in [0.05, 0.1) is 22.8 Å². The Kier molecular flexibility index (Phi) is 8.33. The lowest BCUT2D eigenvalue weighted by Crippen LogP contribution is -2.16. The maximum absolute atomic E-state index is 13.1. The maximum Gasteiger partial charge on any atom is 0.341 e. The fourth-order valence-corrected chi connectivity index (χ4v) is 7.12. The molecule has 39 heavy (non-hydrogen) atoms. The molecule has 2 aromatic carbocycles. The third kappa shape index (κ3) is 6.02. The highest BCUT2D eigenvalue weighted by Gasteiger charge is 2.26. The molecule has 10 heteroatoms. The Balaban J connectivity index is 1.32. The van der Waals surface area contributed by atoms with E-state index in [1.165, 1.54) is 40.1 Å². The van der Waals surface area contributed by atoms with E-state index >= 15 is 0 Å². The van der Waals surface area contributed by atoms with Crippen molar-refractivity contribution in [2.75, 3.05) is 17.7 Å². The van der Waals surface area contributed by atoms with Crippen LogP contribution in [-0.2, 0) is 28.9 Å². The van der Waals surface area contributed by atoms with Crippen molar-refractivity contribution in [3.63, 3.8) is 0 Å². The highest BCUT2D eigenvalue weighted by atomic mass is 32.2. The number of rotatable bonds is 9. The van der Waals surface area contributed by atoms with Gasteiger partial charge >= 0.3 is 5.97 Å². The van der Waals surface area contributed by atoms with E-state index in [4.69, 9.17) is 4.74 Å². The molecule has 0 spiro atoms. The number of hydrogen-bond donors (Lipinski definition) is 1. The number of nitrogens with zero attached hydrogens (tertiary/aromatic N) is 2. The van der Waals surface area contributed by atoms with E-state index in [9.17, 15) is 19.7 Å². The molecule has 1 amide bonds. The molecule has 8 nitrogen and oxygen atoms in total. The second kappa shape index (κ2) is 12.0. The summed E-state index contributed by atoms with van der Waals surface area (Å²) in [6, 6.07) is 14.5. The first-order chi connectivity index (χ1) is 18.9. The van der Waals surface area contributed by atoms with Crippen molar-refractivity contribution in [1.29, 1.82) is 0 Å². The molecule has 0 radical (unpaired) electrons. The summed E-state index contributed by atoms with van der Waals surface area (Å²) in [6.45, 7) is 2.63. The number of benzene rings is 2.